The normalized spacial score (nSPS) is 25.9. The highest BCUT2D eigenvalue weighted by Gasteiger charge is 2.32. The van der Waals surface area contributed by atoms with E-state index in [9.17, 15) is 4.79 Å². The zero-order chi connectivity index (χ0) is 14.4. The summed E-state index contributed by atoms with van der Waals surface area (Å²) in [5.41, 5.74) is 0.408. The summed E-state index contributed by atoms with van der Waals surface area (Å²) in [7, 11) is 0. The quantitative estimate of drug-likeness (QED) is 0.787. The van der Waals surface area contributed by atoms with Crippen LogP contribution in [-0.2, 0) is 4.79 Å². The molecule has 2 atom stereocenters. The highest BCUT2D eigenvalue weighted by atomic mass is 35.5. The molecule has 1 saturated carbocycles. The number of piperidine rings is 1. The van der Waals surface area contributed by atoms with E-state index < -0.39 is 0 Å². The maximum absolute atomic E-state index is 12.2. The number of hydrogen-bond acceptors (Lipinski definition) is 2. The molecule has 1 aliphatic carbocycles. The molecule has 1 aliphatic heterocycles. The van der Waals surface area contributed by atoms with Gasteiger partial charge >= 0.3 is 0 Å². The Hall–Kier alpha value is -0.280. The van der Waals surface area contributed by atoms with Gasteiger partial charge in [0.2, 0.25) is 5.91 Å². The monoisotopic (exact) mass is 316 g/mol. The molecule has 1 amide bonds. The molecule has 2 aliphatic rings. The van der Waals surface area contributed by atoms with Crippen LogP contribution in [0.4, 0.5) is 0 Å². The third kappa shape index (κ3) is 5.45. The summed E-state index contributed by atoms with van der Waals surface area (Å²) in [6, 6.07) is 0. The van der Waals surface area contributed by atoms with Crippen molar-refractivity contribution < 1.29 is 4.79 Å². The second-order valence-corrected chi connectivity index (χ2v) is 7.13. The summed E-state index contributed by atoms with van der Waals surface area (Å²) < 4.78 is 0. The van der Waals surface area contributed by atoms with Gasteiger partial charge in [-0.2, -0.15) is 0 Å². The summed E-state index contributed by atoms with van der Waals surface area (Å²) in [4.78, 5) is 12.2. The van der Waals surface area contributed by atoms with Crippen LogP contribution in [0.2, 0.25) is 0 Å². The molecule has 3 nitrogen and oxygen atoms in total. The van der Waals surface area contributed by atoms with Gasteiger partial charge in [-0.15, -0.1) is 12.4 Å². The summed E-state index contributed by atoms with van der Waals surface area (Å²) in [5, 5.41) is 6.68. The Kier molecular flexibility index (Phi) is 8.04. The Balaban J connectivity index is 0.00000220. The summed E-state index contributed by atoms with van der Waals surface area (Å²) >= 11 is 0. The summed E-state index contributed by atoms with van der Waals surface area (Å²) in [6.07, 6.45) is 9.72. The van der Waals surface area contributed by atoms with Crippen LogP contribution in [0.1, 0.15) is 65.2 Å². The first-order chi connectivity index (χ1) is 9.65. The van der Waals surface area contributed by atoms with Crippen molar-refractivity contribution in [2.45, 2.75) is 65.2 Å². The minimum Gasteiger partial charge on any atom is -0.356 e. The molecule has 1 heterocycles. The van der Waals surface area contributed by atoms with E-state index in [1.165, 1.54) is 44.9 Å². The fourth-order valence-corrected chi connectivity index (χ4v) is 3.96. The number of nitrogens with one attached hydrogen (secondary N) is 2. The van der Waals surface area contributed by atoms with Crippen molar-refractivity contribution >= 4 is 18.3 Å². The number of rotatable bonds is 6. The lowest BCUT2D eigenvalue weighted by Crippen LogP contribution is -2.38. The van der Waals surface area contributed by atoms with Gasteiger partial charge in [0.15, 0.2) is 0 Å². The van der Waals surface area contributed by atoms with Gasteiger partial charge in [0.25, 0.3) is 0 Å². The molecule has 0 aromatic carbocycles. The van der Waals surface area contributed by atoms with Crippen molar-refractivity contribution in [1.82, 2.24) is 10.6 Å². The van der Waals surface area contributed by atoms with Crippen LogP contribution in [0.25, 0.3) is 0 Å². The molecule has 0 radical (unpaired) electrons. The van der Waals surface area contributed by atoms with Crippen molar-refractivity contribution in [1.29, 1.82) is 0 Å². The van der Waals surface area contributed by atoms with Crippen LogP contribution in [0.3, 0.4) is 0 Å². The van der Waals surface area contributed by atoms with Crippen molar-refractivity contribution in [3.63, 3.8) is 0 Å². The Morgan fingerprint density at radius 3 is 2.62 bits per heavy atom. The molecule has 2 fully saturated rings. The number of halogens is 1. The molecule has 124 valence electrons. The maximum Gasteiger partial charge on any atom is 0.220 e. The number of carbonyl (C=O) groups is 1. The first-order valence-corrected chi connectivity index (χ1v) is 8.63. The lowest BCUT2D eigenvalue weighted by molar-refractivity contribution is -0.122. The van der Waals surface area contributed by atoms with Crippen LogP contribution in [0.5, 0.6) is 0 Å². The molecule has 0 spiro atoms. The van der Waals surface area contributed by atoms with Gasteiger partial charge in [-0.1, -0.05) is 26.7 Å². The van der Waals surface area contributed by atoms with Crippen molar-refractivity contribution in [2.24, 2.45) is 17.3 Å². The zero-order valence-electron chi connectivity index (χ0n) is 13.7. The SMILES string of the molecule is CCC1(CNC(=O)CC(C)C2CCCNC2)CCCC1.Cl. The average Bonchev–Trinajstić information content (AvgIpc) is 2.95. The van der Waals surface area contributed by atoms with Gasteiger partial charge in [-0.05, 0) is 62.4 Å². The fraction of sp³-hybridized carbons (Fsp3) is 0.941. The lowest BCUT2D eigenvalue weighted by atomic mass is 9.83. The number of hydrogen-bond donors (Lipinski definition) is 2. The van der Waals surface area contributed by atoms with Gasteiger partial charge < -0.3 is 10.6 Å². The highest BCUT2D eigenvalue weighted by Crippen LogP contribution is 2.40. The molecule has 1 saturated heterocycles. The maximum atomic E-state index is 12.2. The molecule has 4 heteroatoms. The molecule has 2 rings (SSSR count). The van der Waals surface area contributed by atoms with E-state index in [1.807, 2.05) is 0 Å². The lowest BCUT2D eigenvalue weighted by Gasteiger charge is -2.30. The smallest absolute Gasteiger partial charge is 0.220 e. The molecule has 0 bridgehead atoms. The first kappa shape index (κ1) is 18.8. The van der Waals surface area contributed by atoms with Crippen LogP contribution in [0.15, 0.2) is 0 Å². The van der Waals surface area contributed by atoms with Gasteiger partial charge in [-0.25, -0.2) is 0 Å². The van der Waals surface area contributed by atoms with Crippen LogP contribution < -0.4 is 10.6 Å². The van der Waals surface area contributed by atoms with E-state index >= 15 is 0 Å². The molecule has 21 heavy (non-hydrogen) atoms. The number of carbonyl (C=O) groups excluding carboxylic acids is 1. The molecule has 0 aromatic heterocycles. The van der Waals surface area contributed by atoms with Crippen molar-refractivity contribution in [3.8, 4) is 0 Å². The van der Waals surface area contributed by atoms with E-state index in [2.05, 4.69) is 24.5 Å². The largest absolute Gasteiger partial charge is 0.356 e. The Labute approximate surface area is 136 Å². The van der Waals surface area contributed by atoms with Gasteiger partial charge in [0, 0.05) is 13.0 Å². The predicted octanol–water partition coefficient (Wildman–Crippen LogP) is 3.52. The standard InChI is InChI=1S/C17H32N2O.ClH/c1-3-17(8-4-5-9-17)13-19-16(20)11-14(2)15-7-6-10-18-12-15;/h14-15,18H,3-13H2,1-2H3,(H,19,20);1H. The van der Waals surface area contributed by atoms with Crippen LogP contribution in [-0.4, -0.2) is 25.5 Å². The molecular weight excluding hydrogens is 284 g/mol. The third-order valence-corrected chi connectivity index (χ3v) is 5.72. The fourth-order valence-electron chi connectivity index (χ4n) is 3.96. The summed E-state index contributed by atoms with van der Waals surface area (Å²) in [6.45, 7) is 7.65. The summed E-state index contributed by atoms with van der Waals surface area (Å²) in [5.74, 6) is 1.45. The molecule has 0 aromatic rings. The minimum absolute atomic E-state index is 0. The van der Waals surface area contributed by atoms with E-state index in [1.54, 1.807) is 0 Å². The molecule has 2 unspecified atom stereocenters. The molecule has 2 N–H and O–H groups in total. The van der Waals surface area contributed by atoms with E-state index in [0.717, 1.165) is 19.6 Å². The van der Waals surface area contributed by atoms with Gasteiger partial charge in [0.1, 0.15) is 0 Å². The third-order valence-electron chi connectivity index (χ3n) is 5.72. The Morgan fingerprint density at radius 1 is 1.33 bits per heavy atom. The molecular formula is C17H33ClN2O. The van der Waals surface area contributed by atoms with Crippen LogP contribution >= 0.6 is 12.4 Å². The Morgan fingerprint density at radius 2 is 2.05 bits per heavy atom. The topological polar surface area (TPSA) is 41.1 Å². The Bertz CT molecular complexity index is 310. The minimum atomic E-state index is 0. The van der Waals surface area contributed by atoms with Gasteiger partial charge in [-0.3, -0.25) is 4.79 Å². The second kappa shape index (κ2) is 8.99. The van der Waals surface area contributed by atoms with E-state index in [0.29, 0.717) is 23.7 Å². The van der Waals surface area contributed by atoms with Crippen molar-refractivity contribution in [3.05, 3.63) is 0 Å². The average molecular weight is 317 g/mol. The van der Waals surface area contributed by atoms with E-state index in [4.69, 9.17) is 0 Å². The second-order valence-electron chi connectivity index (χ2n) is 7.13. The van der Waals surface area contributed by atoms with Crippen molar-refractivity contribution in [2.75, 3.05) is 19.6 Å². The predicted molar refractivity (Wildman–Crippen MR) is 90.8 cm³/mol. The van der Waals surface area contributed by atoms with E-state index in [-0.39, 0.29) is 18.3 Å². The highest BCUT2D eigenvalue weighted by molar-refractivity contribution is 5.85. The van der Waals surface area contributed by atoms with Crippen LogP contribution in [0, 0.1) is 17.3 Å². The zero-order valence-corrected chi connectivity index (χ0v) is 14.6. The first-order valence-electron chi connectivity index (χ1n) is 8.63. The number of amides is 1. The van der Waals surface area contributed by atoms with Gasteiger partial charge in [0.05, 0.1) is 0 Å².